The second-order valence-corrected chi connectivity index (χ2v) is 5.53. The van der Waals surface area contributed by atoms with Crippen molar-refractivity contribution in [2.24, 2.45) is 0 Å². The van der Waals surface area contributed by atoms with E-state index < -0.39 is 0 Å². The van der Waals surface area contributed by atoms with E-state index in [1.807, 2.05) is 34.6 Å². The smallest absolute Gasteiger partial charge is 0.251 e. The summed E-state index contributed by atoms with van der Waals surface area (Å²) in [5.74, 6) is 2.40. The molecule has 1 heterocycles. The predicted molar refractivity (Wildman–Crippen MR) is 97.1 cm³/mol. The lowest BCUT2D eigenvalue weighted by molar-refractivity contribution is 0.0946. The van der Waals surface area contributed by atoms with Gasteiger partial charge in [-0.1, -0.05) is 0 Å². The van der Waals surface area contributed by atoms with Crippen molar-refractivity contribution in [1.29, 1.82) is 0 Å². The number of nitrogens with one attached hydrogen (secondary N) is 1. The van der Waals surface area contributed by atoms with Crippen molar-refractivity contribution in [3.05, 3.63) is 35.0 Å². The van der Waals surface area contributed by atoms with Crippen LogP contribution >= 0.6 is 0 Å². The topological polar surface area (TPSA) is 82.8 Å². The van der Waals surface area contributed by atoms with Crippen molar-refractivity contribution in [2.75, 3.05) is 19.8 Å². The van der Waals surface area contributed by atoms with Gasteiger partial charge in [0.1, 0.15) is 5.76 Å². The van der Waals surface area contributed by atoms with Crippen molar-refractivity contribution >= 4 is 5.91 Å². The zero-order valence-corrected chi connectivity index (χ0v) is 16.0. The average Bonchev–Trinajstić information content (AvgIpc) is 2.93. The second-order valence-electron chi connectivity index (χ2n) is 5.53. The normalized spacial score (nSPS) is 10.5. The summed E-state index contributed by atoms with van der Waals surface area (Å²) in [4.78, 5) is 16.8. The van der Waals surface area contributed by atoms with Gasteiger partial charge in [-0.25, -0.2) is 4.98 Å². The molecule has 0 fully saturated rings. The zero-order chi connectivity index (χ0) is 19.1. The number of carbonyl (C=O) groups is 1. The minimum Gasteiger partial charge on any atom is -0.490 e. The molecule has 1 N–H and O–H groups in total. The van der Waals surface area contributed by atoms with Gasteiger partial charge in [-0.3, -0.25) is 4.79 Å². The van der Waals surface area contributed by atoms with Crippen molar-refractivity contribution in [3.8, 4) is 17.2 Å². The minimum atomic E-state index is -0.275. The minimum absolute atomic E-state index is 0.203. The Morgan fingerprint density at radius 2 is 1.62 bits per heavy atom. The SMILES string of the molecule is CCOc1cc(C(=O)NCc2nc(C)c(C)o2)cc(OCC)c1OCC. The van der Waals surface area contributed by atoms with E-state index in [-0.39, 0.29) is 12.5 Å². The highest BCUT2D eigenvalue weighted by Crippen LogP contribution is 2.39. The maximum atomic E-state index is 12.6. The number of carbonyl (C=O) groups excluding carboxylic acids is 1. The Labute approximate surface area is 153 Å². The van der Waals surface area contributed by atoms with E-state index in [4.69, 9.17) is 18.6 Å². The van der Waals surface area contributed by atoms with Crippen LogP contribution < -0.4 is 19.5 Å². The van der Waals surface area contributed by atoms with Gasteiger partial charge in [0.2, 0.25) is 11.6 Å². The van der Waals surface area contributed by atoms with Crippen LogP contribution in [0.15, 0.2) is 16.5 Å². The molecule has 0 radical (unpaired) electrons. The molecule has 0 aliphatic heterocycles. The quantitative estimate of drug-likeness (QED) is 0.736. The fraction of sp³-hybridized carbons (Fsp3) is 0.474. The maximum absolute atomic E-state index is 12.6. The number of benzene rings is 1. The lowest BCUT2D eigenvalue weighted by Crippen LogP contribution is -2.23. The number of aromatic nitrogens is 1. The Balaban J connectivity index is 2.24. The molecule has 0 saturated heterocycles. The highest BCUT2D eigenvalue weighted by atomic mass is 16.5. The lowest BCUT2D eigenvalue weighted by Gasteiger charge is -2.17. The van der Waals surface area contributed by atoms with Crippen LogP contribution in [0, 0.1) is 13.8 Å². The standard InChI is InChI=1S/C19H26N2O5/c1-6-23-15-9-14(10-16(24-7-2)18(15)25-8-3)19(22)20-11-17-21-12(4)13(5)26-17/h9-10H,6-8,11H2,1-5H3,(H,20,22). The molecule has 1 amide bonds. The monoisotopic (exact) mass is 362 g/mol. The molecule has 7 nitrogen and oxygen atoms in total. The van der Waals surface area contributed by atoms with Crippen LogP contribution in [0.1, 0.15) is 48.5 Å². The van der Waals surface area contributed by atoms with E-state index in [1.165, 1.54) is 0 Å². The molecule has 2 aromatic rings. The number of hydrogen-bond acceptors (Lipinski definition) is 6. The number of aryl methyl sites for hydroxylation is 2. The third-order valence-corrected chi connectivity index (χ3v) is 3.64. The molecule has 0 atom stereocenters. The molecule has 0 unspecified atom stereocenters. The molecule has 0 aliphatic carbocycles. The lowest BCUT2D eigenvalue weighted by atomic mass is 10.1. The summed E-state index contributed by atoms with van der Waals surface area (Å²) in [6.45, 7) is 10.9. The van der Waals surface area contributed by atoms with Crippen LogP contribution in [0.2, 0.25) is 0 Å². The molecule has 7 heteroatoms. The van der Waals surface area contributed by atoms with Crippen LogP contribution in [0.5, 0.6) is 17.2 Å². The largest absolute Gasteiger partial charge is 0.490 e. The van der Waals surface area contributed by atoms with Crippen molar-refractivity contribution in [2.45, 2.75) is 41.2 Å². The van der Waals surface area contributed by atoms with Gasteiger partial charge in [0.15, 0.2) is 11.5 Å². The number of rotatable bonds is 9. The molecule has 0 bridgehead atoms. The zero-order valence-electron chi connectivity index (χ0n) is 16.0. The molecule has 1 aromatic heterocycles. The van der Waals surface area contributed by atoms with Gasteiger partial charge in [0.25, 0.3) is 5.91 Å². The summed E-state index contributed by atoms with van der Waals surface area (Å²) in [5, 5.41) is 2.80. The van der Waals surface area contributed by atoms with Gasteiger partial charge >= 0.3 is 0 Å². The van der Waals surface area contributed by atoms with Gasteiger partial charge in [-0.15, -0.1) is 0 Å². The fourth-order valence-electron chi connectivity index (χ4n) is 2.39. The molecule has 1 aromatic carbocycles. The number of hydrogen-bond donors (Lipinski definition) is 1. The molecular formula is C19H26N2O5. The third kappa shape index (κ3) is 4.68. The van der Waals surface area contributed by atoms with Crippen molar-refractivity contribution < 1.29 is 23.4 Å². The number of amides is 1. The van der Waals surface area contributed by atoms with Crippen molar-refractivity contribution in [3.63, 3.8) is 0 Å². The van der Waals surface area contributed by atoms with Crippen LogP contribution in [0.25, 0.3) is 0 Å². The van der Waals surface area contributed by atoms with Crippen molar-refractivity contribution in [1.82, 2.24) is 10.3 Å². The van der Waals surface area contributed by atoms with Crippen LogP contribution in [-0.4, -0.2) is 30.7 Å². The highest BCUT2D eigenvalue weighted by molar-refractivity contribution is 5.95. The summed E-state index contributed by atoms with van der Waals surface area (Å²) in [5.41, 5.74) is 1.23. The van der Waals surface area contributed by atoms with E-state index in [9.17, 15) is 4.79 Å². The first-order valence-corrected chi connectivity index (χ1v) is 8.77. The number of ether oxygens (including phenoxy) is 3. The number of oxazole rings is 1. The van der Waals surface area contributed by atoms with E-state index in [0.717, 1.165) is 11.5 Å². The number of nitrogens with zero attached hydrogens (tertiary/aromatic N) is 1. The van der Waals surface area contributed by atoms with Gasteiger partial charge in [0, 0.05) is 5.56 Å². The Bertz CT molecular complexity index is 708. The van der Waals surface area contributed by atoms with Gasteiger partial charge < -0.3 is 23.9 Å². The first-order chi connectivity index (χ1) is 12.5. The summed E-state index contributed by atoms with van der Waals surface area (Å²) in [7, 11) is 0. The maximum Gasteiger partial charge on any atom is 0.251 e. The Morgan fingerprint density at radius 3 is 2.08 bits per heavy atom. The molecular weight excluding hydrogens is 336 g/mol. The van der Waals surface area contributed by atoms with Crippen LogP contribution in [0.3, 0.4) is 0 Å². The second kappa shape index (κ2) is 9.12. The van der Waals surface area contributed by atoms with Gasteiger partial charge in [0.05, 0.1) is 32.1 Å². The predicted octanol–water partition coefficient (Wildman–Crippen LogP) is 3.42. The van der Waals surface area contributed by atoms with E-state index in [2.05, 4.69) is 10.3 Å². The Kier molecular flexibility index (Phi) is 6.89. The van der Waals surface area contributed by atoms with Crippen LogP contribution in [-0.2, 0) is 6.54 Å². The van der Waals surface area contributed by atoms with E-state index in [1.54, 1.807) is 12.1 Å². The molecule has 26 heavy (non-hydrogen) atoms. The van der Waals surface area contributed by atoms with E-state index >= 15 is 0 Å². The summed E-state index contributed by atoms with van der Waals surface area (Å²) in [6.07, 6.45) is 0. The summed E-state index contributed by atoms with van der Waals surface area (Å²) < 4.78 is 22.4. The summed E-state index contributed by atoms with van der Waals surface area (Å²) in [6, 6.07) is 3.30. The molecule has 0 spiro atoms. The average molecular weight is 362 g/mol. The molecule has 142 valence electrons. The van der Waals surface area contributed by atoms with Gasteiger partial charge in [-0.05, 0) is 46.8 Å². The van der Waals surface area contributed by atoms with Gasteiger partial charge in [-0.2, -0.15) is 0 Å². The summed E-state index contributed by atoms with van der Waals surface area (Å²) >= 11 is 0. The third-order valence-electron chi connectivity index (χ3n) is 3.64. The molecule has 0 aliphatic rings. The van der Waals surface area contributed by atoms with E-state index in [0.29, 0.717) is 48.5 Å². The Hall–Kier alpha value is -2.70. The molecule has 2 rings (SSSR count). The highest BCUT2D eigenvalue weighted by Gasteiger charge is 2.18. The van der Waals surface area contributed by atoms with Crippen LogP contribution in [0.4, 0.5) is 0 Å². The first-order valence-electron chi connectivity index (χ1n) is 8.77. The fourth-order valence-corrected chi connectivity index (χ4v) is 2.39. The Morgan fingerprint density at radius 1 is 1.04 bits per heavy atom. The first kappa shape index (κ1) is 19.6. The molecule has 0 saturated carbocycles.